The largest absolute Gasteiger partial charge is 0.345 e. The van der Waals surface area contributed by atoms with Gasteiger partial charge >= 0.3 is 0 Å². The van der Waals surface area contributed by atoms with E-state index in [9.17, 15) is 4.79 Å². The zero-order valence-corrected chi connectivity index (χ0v) is 17.4. The average Bonchev–Trinajstić information content (AvgIpc) is 3.02. The van der Waals surface area contributed by atoms with Gasteiger partial charge in [0.15, 0.2) is 5.13 Å². The van der Waals surface area contributed by atoms with Gasteiger partial charge in [-0.3, -0.25) is 4.79 Å². The van der Waals surface area contributed by atoms with Crippen molar-refractivity contribution in [1.82, 2.24) is 9.88 Å². The molecule has 2 heterocycles. The van der Waals surface area contributed by atoms with Crippen LogP contribution in [0, 0.1) is 12.3 Å². The van der Waals surface area contributed by atoms with E-state index in [1.54, 1.807) is 11.3 Å². The lowest BCUT2D eigenvalue weighted by Crippen LogP contribution is -2.50. The number of halogens is 2. The number of nitrogens with zero attached hydrogens (tertiary/aromatic N) is 3. The molecule has 1 aliphatic heterocycles. The summed E-state index contributed by atoms with van der Waals surface area (Å²) in [6, 6.07) is 0. The van der Waals surface area contributed by atoms with Crippen LogP contribution in [0.1, 0.15) is 44.2 Å². The van der Waals surface area contributed by atoms with Gasteiger partial charge < -0.3 is 15.5 Å². The van der Waals surface area contributed by atoms with E-state index < -0.39 is 0 Å². The highest BCUT2D eigenvalue weighted by Gasteiger charge is 2.35. The molecule has 1 saturated carbocycles. The molecule has 1 aliphatic carbocycles. The van der Waals surface area contributed by atoms with Gasteiger partial charge in [-0.05, 0) is 31.7 Å². The van der Waals surface area contributed by atoms with Crippen molar-refractivity contribution in [2.75, 3.05) is 37.6 Å². The predicted molar refractivity (Wildman–Crippen MR) is 109 cm³/mol. The number of hydrogen-bond acceptors (Lipinski definition) is 5. The molecule has 0 spiro atoms. The molecule has 3 rings (SSSR count). The molecule has 2 aliphatic rings. The van der Waals surface area contributed by atoms with E-state index in [1.807, 2.05) is 11.8 Å². The fourth-order valence-corrected chi connectivity index (χ4v) is 4.68. The van der Waals surface area contributed by atoms with Crippen molar-refractivity contribution in [3.05, 3.63) is 11.1 Å². The fraction of sp³-hybridized carbons (Fsp3) is 0.765. The summed E-state index contributed by atoms with van der Waals surface area (Å²) in [4.78, 5) is 21.6. The number of nitrogens with two attached hydrogens (primary N) is 1. The Morgan fingerprint density at radius 2 is 1.84 bits per heavy atom. The molecule has 1 aromatic heterocycles. The van der Waals surface area contributed by atoms with Crippen molar-refractivity contribution >= 4 is 47.2 Å². The molecule has 2 N–H and O–H groups in total. The molecule has 144 valence electrons. The summed E-state index contributed by atoms with van der Waals surface area (Å²) >= 11 is 1.69. The maximum Gasteiger partial charge on any atom is 0.223 e. The first-order valence-corrected chi connectivity index (χ1v) is 9.65. The first-order valence-electron chi connectivity index (χ1n) is 8.77. The van der Waals surface area contributed by atoms with Gasteiger partial charge in [-0.25, -0.2) is 4.98 Å². The van der Waals surface area contributed by atoms with E-state index in [-0.39, 0.29) is 30.2 Å². The summed E-state index contributed by atoms with van der Waals surface area (Å²) in [5, 5.41) is 3.17. The number of rotatable bonds is 4. The van der Waals surface area contributed by atoms with Crippen LogP contribution in [0.4, 0.5) is 5.13 Å². The van der Waals surface area contributed by atoms with Gasteiger partial charge in [0.1, 0.15) is 0 Å². The summed E-state index contributed by atoms with van der Waals surface area (Å²) in [7, 11) is 0. The van der Waals surface area contributed by atoms with E-state index >= 15 is 0 Å². The number of carbonyl (C=O) groups excluding carboxylic acids is 1. The van der Waals surface area contributed by atoms with Gasteiger partial charge in [-0.1, -0.05) is 19.3 Å². The van der Waals surface area contributed by atoms with Crippen molar-refractivity contribution in [3.63, 3.8) is 0 Å². The van der Waals surface area contributed by atoms with Crippen LogP contribution in [0.5, 0.6) is 0 Å². The average molecular weight is 409 g/mol. The van der Waals surface area contributed by atoms with Crippen LogP contribution in [0.2, 0.25) is 0 Å². The standard InChI is InChI=1S/C17H28N4OS.2ClH/c1-14-12-23-16(19-14)21-9-7-20(8-10-21)15(22)11-17(13-18)5-3-2-4-6-17;;/h12H,2-11,13,18H2,1H3;2*1H. The van der Waals surface area contributed by atoms with Gasteiger partial charge in [0.05, 0.1) is 5.69 Å². The maximum atomic E-state index is 12.7. The third-order valence-electron chi connectivity index (χ3n) is 5.38. The van der Waals surface area contributed by atoms with Gasteiger partial charge in [0, 0.05) is 38.0 Å². The summed E-state index contributed by atoms with van der Waals surface area (Å²) in [6.07, 6.45) is 6.62. The Labute approximate surface area is 167 Å². The number of thiazole rings is 1. The van der Waals surface area contributed by atoms with Crippen LogP contribution in [-0.4, -0.2) is 48.5 Å². The topological polar surface area (TPSA) is 62.5 Å². The minimum absolute atomic E-state index is 0. The van der Waals surface area contributed by atoms with Crippen LogP contribution in [0.3, 0.4) is 0 Å². The van der Waals surface area contributed by atoms with Crippen molar-refractivity contribution in [2.45, 2.75) is 45.4 Å². The normalized spacial score (nSPS) is 19.8. The number of aryl methyl sites for hydroxylation is 1. The van der Waals surface area contributed by atoms with Crippen LogP contribution >= 0.6 is 36.2 Å². The SMILES string of the molecule is Cc1csc(N2CCN(C(=O)CC3(CN)CCCCC3)CC2)n1.Cl.Cl. The van der Waals surface area contributed by atoms with E-state index in [0.29, 0.717) is 18.9 Å². The first-order chi connectivity index (χ1) is 11.1. The highest BCUT2D eigenvalue weighted by Crippen LogP contribution is 2.38. The molecule has 0 unspecified atom stereocenters. The minimum atomic E-state index is 0. The smallest absolute Gasteiger partial charge is 0.223 e. The summed E-state index contributed by atoms with van der Waals surface area (Å²) in [6.45, 7) is 6.05. The van der Waals surface area contributed by atoms with Crippen molar-refractivity contribution in [3.8, 4) is 0 Å². The molecule has 1 amide bonds. The Bertz CT molecular complexity index is 541. The number of hydrogen-bond donors (Lipinski definition) is 1. The fourth-order valence-electron chi connectivity index (χ4n) is 3.82. The van der Waals surface area contributed by atoms with Crippen LogP contribution in [-0.2, 0) is 4.79 Å². The lowest BCUT2D eigenvalue weighted by atomic mass is 9.71. The highest BCUT2D eigenvalue weighted by molar-refractivity contribution is 7.13. The lowest BCUT2D eigenvalue weighted by Gasteiger charge is -2.39. The third kappa shape index (κ3) is 5.46. The first kappa shape index (κ1) is 22.5. The third-order valence-corrected chi connectivity index (χ3v) is 6.40. The predicted octanol–water partition coefficient (Wildman–Crippen LogP) is 3.24. The minimum Gasteiger partial charge on any atom is -0.345 e. The van der Waals surface area contributed by atoms with E-state index in [2.05, 4.69) is 15.3 Å². The highest BCUT2D eigenvalue weighted by atomic mass is 35.5. The Morgan fingerprint density at radius 3 is 2.36 bits per heavy atom. The van der Waals surface area contributed by atoms with Crippen molar-refractivity contribution < 1.29 is 4.79 Å². The Balaban J connectivity index is 0.00000156. The van der Waals surface area contributed by atoms with E-state index in [1.165, 1.54) is 19.3 Å². The molecule has 5 nitrogen and oxygen atoms in total. The Hall–Kier alpha value is -0.560. The lowest BCUT2D eigenvalue weighted by molar-refractivity contribution is -0.134. The monoisotopic (exact) mass is 408 g/mol. The Kier molecular flexibility index (Phi) is 8.95. The maximum absolute atomic E-state index is 12.7. The second kappa shape index (κ2) is 9.95. The molecule has 0 bridgehead atoms. The number of aromatic nitrogens is 1. The summed E-state index contributed by atoms with van der Waals surface area (Å²) in [5.74, 6) is 0.298. The number of carbonyl (C=O) groups is 1. The summed E-state index contributed by atoms with van der Waals surface area (Å²) in [5.41, 5.74) is 7.17. The number of amides is 1. The van der Waals surface area contributed by atoms with E-state index in [0.717, 1.165) is 49.8 Å². The molecule has 0 radical (unpaired) electrons. The molecule has 25 heavy (non-hydrogen) atoms. The van der Waals surface area contributed by atoms with Gasteiger partial charge in [-0.2, -0.15) is 0 Å². The Morgan fingerprint density at radius 1 is 1.20 bits per heavy atom. The molecule has 8 heteroatoms. The molecular formula is C17H30Cl2N4OS. The second-order valence-electron chi connectivity index (χ2n) is 7.08. The van der Waals surface area contributed by atoms with E-state index in [4.69, 9.17) is 5.73 Å². The summed E-state index contributed by atoms with van der Waals surface area (Å²) < 4.78 is 0. The quantitative estimate of drug-likeness (QED) is 0.829. The molecule has 0 aromatic carbocycles. The van der Waals surface area contributed by atoms with Crippen LogP contribution < -0.4 is 10.6 Å². The van der Waals surface area contributed by atoms with Crippen LogP contribution in [0.25, 0.3) is 0 Å². The zero-order valence-electron chi connectivity index (χ0n) is 14.9. The number of piperazine rings is 1. The second-order valence-corrected chi connectivity index (χ2v) is 7.92. The van der Waals surface area contributed by atoms with Crippen molar-refractivity contribution in [1.29, 1.82) is 0 Å². The molecule has 1 aromatic rings. The number of anilines is 1. The van der Waals surface area contributed by atoms with Gasteiger partial charge in [0.25, 0.3) is 0 Å². The molecular weight excluding hydrogens is 379 g/mol. The zero-order chi connectivity index (χ0) is 16.3. The molecule has 1 saturated heterocycles. The molecule has 2 fully saturated rings. The van der Waals surface area contributed by atoms with Gasteiger partial charge in [-0.15, -0.1) is 36.2 Å². The van der Waals surface area contributed by atoms with Gasteiger partial charge in [0.2, 0.25) is 5.91 Å². The molecule has 0 atom stereocenters. The van der Waals surface area contributed by atoms with Crippen LogP contribution in [0.15, 0.2) is 5.38 Å². The van der Waals surface area contributed by atoms with Crippen molar-refractivity contribution in [2.24, 2.45) is 11.1 Å².